The molecule has 0 bridgehead atoms. The molecule has 194 valence electrons. The molecule has 1 saturated heterocycles. The van der Waals surface area contributed by atoms with E-state index in [0.29, 0.717) is 31.9 Å². The highest BCUT2D eigenvalue weighted by atomic mass is 19.1. The van der Waals surface area contributed by atoms with Gasteiger partial charge >= 0.3 is 0 Å². The monoisotopic (exact) mass is 507 g/mol. The summed E-state index contributed by atoms with van der Waals surface area (Å²) in [5.41, 5.74) is 2.63. The first kappa shape index (κ1) is 26.1. The average Bonchev–Trinajstić information content (AvgIpc) is 2.95. The van der Waals surface area contributed by atoms with Gasteiger partial charge in [-0.3, -0.25) is 9.59 Å². The second-order valence-corrected chi connectivity index (χ2v) is 8.81. The van der Waals surface area contributed by atoms with Crippen molar-refractivity contribution in [1.82, 2.24) is 10.2 Å². The van der Waals surface area contributed by atoms with E-state index in [1.165, 1.54) is 17.0 Å². The fourth-order valence-electron chi connectivity index (χ4n) is 4.03. The number of halogens is 1. The second-order valence-electron chi connectivity index (χ2n) is 8.81. The van der Waals surface area contributed by atoms with E-state index in [1.54, 1.807) is 36.4 Å². The zero-order valence-electron chi connectivity index (χ0n) is 20.3. The van der Waals surface area contributed by atoms with Crippen LogP contribution in [0.4, 0.5) is 10.1 Å². The molecule has 1 heterocycles. The summed E-state index contributed by atoms with van der Waals surface area (Å²) < 4.78 is 18.7. The Hall–Kier alpha value is -3.95. The lowest BCUT2D eigenvalue weighted by atomic mass is 10.1. The Morgan fingerprint density at radius 2 is 1.46 bits per heavy atom. The van der Waals surface area contributed by atoms with Gasteiger partial charge in [-0.05, 0) is 47.5 Å². The number of aliphatic hydroxyl groups is 2. The van der Waals surface area contributed by atoms with Crippen LogP contribution in [0, 0.1) is 5.82 Å². The molecule has 2 amide bonds. The van der Waals surface area contributed by atoms with Gasteiger partial charge in [0, 0.05) is 38.4 Å². The first-order valence-corrected chi connectivity index (χ1v) is 12.1. The van der Waals surface area contributed by atoms with Crippen molar-refractivity contribution in [3.63, 3.8) is 0 Å². The molecule has 9 heteroatoms. The number of ether oxygens (including phenoxy) is 1. The van der Waals surface area contributed by atoms with E-state index < -0.39 is 24.0 Å². The maximum atomic E-state index is 13.0. The van der Waals surface area contributed by atoms with Gasteiger partial charge in [-0.2, -0.15) is 0 Å². The van der Waals surface area contributed by atoms with Gasteiger partial charge in [0.15, 0.2) is 12.2 Å². The van der Waals surface area contributed by atoms with E-state index in [1.807, 2.05) is 30.3 Å². The van der Waals surface area contributed by atoms with E-state index in [9.17, 15) is 24.2 Å². The highest BCUT2D eigenvalue weighted by Crippen LogP contribution is 2.17. The van der Waals surface area contributed by atoms with Gasteiger partial charge in [0.05, 0.1) is 0 Å². The maximum Gasteiger partial charge on any atom is 0.254 e. The third-order valence-electron chi connectivity index (χ3n) is 6.24. The van der Waals surface area contributed by atoms with Gasteiger partial charge in [0.1, 0.15) is 18.2 Å². The van der Waals surface area contributed by atoms with E-state index in [-0.39, 0.29) is 19.0 Å². The molecule has 8 nitrogen and oxygen atoms in total. The Morgan fingerprint density at radius 1 is 0.838 bits per heavy atom. The van der Waals surface area contributed by atoms with Crippen molar-refractivity contribution in [1.29, 1.82) is 0 Å². The van der Waals surface area contributed by atoms with E-state index in [0.717, 1.165) is 16.8 Å². The Labute approximate surface area is 214 Å². The number of anilines is 1. The molecule has 4 rings (SSSR count). The van der Waals surface area contributed by atoms with Crippen molar-refractivity contribution < 1.29 is 28.9 Å². The Bertz CT molecular complexity index is 1170. The van der Waals surface area contributed by atoms with Crippen LogP contribution in [0.2, 0.25) is 0 Å². The number of hydrogen-bond donors (Lipinski definition) is 3. The molecule has 0 saturated carbocycles. The molecule has 0 spiro atoms. The smallest absolute Gasteiger partial charge is 0.254 e. The Morgan fingerprint density at radius 3 is 2.11 bits per heavy atom. The molecular formula is C28H30FN3O5. The molecule has 3 aromatic rings. The van der Waals surface area contributed by atoms with Crippen LogP contribution in [0.5, 0.6) is 5.75 Å². The van der Waals surface area contributed by atoms with Gasteiger partial charge in [0.2, 0.25) is 0 Å². The third kappa shape index (κ3) is 7.05. The molecule has 0 aliphatic carbocycles. The number of carbonyl (C=O) groups excluding carboxylic acids is 2. The summed E-state index contributed by atoms with van der Waals surface area (Å²) in [5.74, 6) is -1.20. The van der Waals surface area contributed by atoms with Gasteiger partial charge in [0.25, 0.3) is 11.8 Å². The zero-order valence-corrected chi connectivity index (χ0v) is 20.3. The van der Waals surface area contributed by atoms with E-state index >= 15 is 0 Å². The fraction of sp³-hybridized carbons (Fsp3) is 0.286. The zero-order chi connectivity index (χ0) is 26.2. The predicted molar refractivity (Wildman–Crippen MR) is 136 cm³/mol. The molecule has 0 aromatic heterocycles. The summed E-state index contributed by atoms with van der Waals surface area (Å²) in [7, 11) is 0. The summed E-state index contributed by atoms with van der Waals surface area (Å²) >= 11 is 0. The summed E-state index contributed by atoms with van der Waals surface area (Å²) in [6.45, 7) is 2.34. The van der Waals surface area contributed by atoms with Crippen LogP contribution in [0.3, 0.4) is 0 Å². The molecule has 1 aliphatic rings. The number of benzene rings is 3. The third-order valence-corrected chi connectivity index (χ3v) is 6.24. The first-order valence-electron chi connectivity index (χ1n) is 12.1. The molecule has 2 atom stereocenters. The first-order chi connectivity index (χ1) is 17.9. The quantitative estimate of drug-likeness (QED) is 0.410. The van der Waals surface area contributed by atoms with E-state index in [2.05, 4.69) is 10.2 Å². The van der Waals surface area contributed by atoms with Crippen molar-refractivity contribution in [3.8, 4) is 5.75 Å². The highest BCUT2D eigenvalue weighted by molar-refractivity contribution is 5.90. The number of nitrogens with one attached hydrogen (secondary N) is 1. The average molecular weight is 508 g/mol. The molecule has 0 radical (unpaired) electrons. The molecular weight excluding hydrogens is 477 g/mol. The van der Waals surface area contributed by atoms with Crippen LogP contribution in [-0.2, 0) is 22.7 Å². The number of nitrogens with zero attached hydrogens (tertiary/aromatic N) is 2. The van der Waals surface area contributed by atoms with Crippen molar-refractivity contribution in [2.24, 2.45) is 0 Å². The molecule has 3 aromatic carbocycles. The minimum absolute atomic E-state index is 0.102. The van der Waals surface area contributed by atoms with Crippen LogP contribution in [0.15, 0.2) is 78.9 Å². The lowest BCUT2D eigenvalue weighted by Crippen LogP contribution is -2.55. The van der Waals surface area contributed by atoms with Gasteiger partial charge in [-0.1, -0.05) is 42.5 Å². The number of aliphatic hydroxyl groups excluding tert-OH is 2. The minimum Gasteiger partial charge on any atom is -0.489 e. The summed E-state index contributed by atoms with van der Waals surface area (Å²) in [6, 6.07) is 22.8. The Kier molecular flexibility index (Phi) is 8.71. The molecule has 37 heavy (non-hydrogen) atoms. The number of amides is 2. The minimum atomic E-state index is -1.88. The number of carbonyl (C=O) groups is 2. The normalized spacial score (nSPS) is 15.1. The van der Waals surface area contributed by atoms with Crippen molar-refractivity contribution in [2.45, 2.75) is 25.4 Å². The number of rotatable bonds is 9. The van der Waals surface area contributed by atoms with Crippen LogP contribution in [0.25, 0.3) is 0 Å². The van der Waals surface area contributed by atoms with Crippen molar-refractivity contribution in [2.75, 3.05) is 31.1 Å². The molecule has 1 fully saturated rings. The van der Waals surface area contributed by atoms with Crippen LogP contribution >= 0.6 is 0 Å². The van der Waals surface area contributed by atoms with E-state index in [4.69, 9.17) is 4.74 Å². The van der Waals surface area contributed by atoms with Crippen LogP contribution < -0.4 is 15.0 Å². The Balaban J connectivity index is 1.20. The topological polar surface area (TPSA) is 102 Å². The lowest BCUT2D eigenvalue weighted by molar-refractivity contribution is -0.153. The molecule has 0 unspecified atom stereocenters. The number of para-hydroxylation sites is 1. The summed E-state index contributed by atoms with van der Waals surface area (Å²) in [4.78, 5) is 28.6. The highest BCUT2D eigenvalue weighted by Gasteiger charge is 2.34. The predicted octanol–water partition coefficient (Wildman–Crippen LogP) is 2.09. The van der Waals surface area contributed by atoms with Crippen LogP contribution in [0.1, 0.15) is 11.1 Å². The SMILES string of the molecule is O=C(NCc1ccc(OCc2ccc(F)cc2)cc1)[C@H](O)[C@@H](O)C(=O)N1CCN(c2ccccc2)CC1. The van der Waals surface area contributed by atoms with Crippen molar-refractivity contribution >= 4 is 17.5 Å². The largest absolute Gasteiger partial charge is 0.489 e. The van der Waals surface area contributed by atoms with Gasteiger partial charge in [-0.25, -0.2) is 4.39 Å². The standard InChI is InChI=1S/C28H30FN3O5/c29-22-10-6-21(7-11-22)19-37-24-12-8-20(9-13-24)18-30-27(35)25(33)26(34)28(36)32-16-14-31(15-17-32)23-4-2-1-3-5-23/h1-13,25-26,33-34H,14-19H2,(H,30,35)/t25-,26-/m1/s1. The van der Waals surface area contributed by atoms with Crippen molar-refractivity contribution in [3.05, 3.63) is 95.8 Å². The second kappa shape index (κ2) is 12.3. The van der Waals surface area contributed by atoms with Crippen LogP contribution in [-0.4, -0.2) is 65.3 Å². The maximum absolute atomic E-state index is 13.0. The van der Waals surface area contributed by atoms with Gasteiger partial charge < -0.3 is 30.1 Å². The number of hydrogen-bond acceptors (Lipinski definition) is 6. The fourth-order valence-corrected chi connectivity index (χ4v) is 4.03. The lowest BCUT2D eigenvalue weighted by Gasteiger charge is -2.37. The molecule has 3 N–H and O–H groups in total. The summed E-state index contributed by atoms with van der Waals surface area (Å²) in [6.07, 6.45) is -3.72. The van der Waals surface area contributed by atoms with Gasteiger partial charge in [-0.15, -0.1) is 0 Å². The summed E-state index contributed by atoms with van der Waals surface area (Å²) in [5, 5.41) is 23.2. The number of piperazine rings is 1. The molecule has 1 aliphatic heterocycles.